The second kappa shape index (κ2) is 5.82. The molecule has 0 aliphatic carbocycles. The van der Waals surface area contributed by atoms with Crippen molar-refractivity contribution >= 4 is 11.6 Å². The SMILES string of the molecule is CC1CCCN(C(=O)c2cc(NN)ccn2)CC1. The molecule has 2 rings (SSSR count). The van der Waals surface area contributed by atoms with Crippen LogP contribution in [0.1, 0.15) is 36.7 Å². The van der Waals surface area contributed by atoms with E-state index in [0.717, 1.165) is 25.9 Å². The minimum Gasteiger partial charge on any atom is -0.337 e. The number of rotatable bonds is 2. The number of nitrogens with one attached hydrogen (secondary N) is 1. The fourth-order valence-electron chi connectivity index (χ4n) is 2.27. The number of carbonyl (C=O) groups is 1. The summed E-state index contributed by atoms with van der Waals surface area (Å²) in [7, 11) is 0. The smallest absolute Gasteiger partial charge is 0.272 e. The van der Waals surface area contributed by atoms with Gasteiger partial charge in [0, 0.05) is 19.3 Å². The molecule has 0 bridgehead atoms. The van der Waals surface area contributed by atoms with E-state index in [-0.39, 0.29) is 5.91 Å². The first-order valence-corrected chi connectivity index (χ1v) is 6.42. The van der Waals surface area contributed by atoms with Crippen LogP contribution in [-0.2, 0) is 0 Å². The molecule has 1 aliphatic rings. The normalized spacial score (nSPS) is 20.3. The van der Waals surface area contributed by atoms with Crippen LogP contribution in [0.5, 0.6) is 0 Å². The summed E-state index contributed by atoms with van der Waals surface area (Å²) in [5.41, 5.74) is 3.70. The lowest BCUT2D eigenvalue weighted by molar-refractivity contribution is 0.0754. The zero-order chi connectivity index (χ0) is 13.0. The van der Waals surface area contributed by atoms with E-state index in [1.807, 2.05) is 4.90 Å². The number of pyridine rings is 1. The Morgan fingerprint density at radius 3 is 3.11 bits per heavy atom. The zero-order valence-electron chi connectivity index (χ0n) is 10.7. The number of hydrogen-bond donors (Lipinski definition) is 2. The van der Waals surface area contributed by atoms with Crippen LogP contribution in [0.2, 0.25) is 0 Å². The molecule has 98 valence electrons. The van der Waals surface area contributed by atoms with Crippen molar-refractivity contribution in [2.45, 2.75) is 26.2 Å². The summed E-state index contributed by atoms with van der Waals surface area (Å²) in [5, 5.41) is 0. The van der Waals surface area contributed by atoms with E-state index in [9.17, 15) is 4.79 Å². The van der Waals surface area contributed by atoms with Gasteiger partial charge < -0.3 is 10.3 Å². The molecule has 0 radical (unpaired) electrons. The van der Waals surface area contributed by atoms with E-state index in [1.54, 1.807) is 18.3 Å². The third kappa shape index (κ3) is 2.98. The molecule has 2 heterocycles. The fourth-order valence-corrected chi connectivity index (χ4v) is 2.27. The van der Waals surface area contributed by atoms with Crippen molar-refractivity contribution < 1.29 is 4.79 Å². The second-order valence-electron chi connectivity index (χ2n) is 4.90. The maximum atomic E-state index is 12.3. The Balaban J connectivity index is 2.09. The lowest BCUT2D eigenvalue weighted by atomic mass is 10.0. The standard InChI is InChI=1S/C13H20N4O/c1-10-3-2-7-17(8-5-10)13(18)12-9-11(16-14)4-6-15-12/h4,6,9-10H,2-3,5,7-8,14H2,1H3,(H,15,16). The first-order valence-electron chi connectivity index (χ1n) is 6.42. The van der Waals surface area contributed by atoms with Gasteiger partial charge in [0.25, 0.3) is 5.91 Å². The number of aromatic nitrogens is 1. The van der Waals surface area contributed by atoms with Crippen LogP contribution in [0.15, 0.2) is 18.3 Å². The van der Waals surface area contributed by atoms with Gasteiger partial charge in [-0.05, 0) is 37.3 Å². The topological polar surface area (TPSA) is 71.2 Å². The molecule has 5 nitrogen and oxygen atoms in total. The number of amides is 1. The van der Waals surface area contributed by atoms with E-state index in [0.29, 0.717) is 17.3 Å². The van der Waals surface area contributed by atoms with Crippen LogP contribution in [-0.4, -0.2) is 28.9 Å². The predicted octanol–water partition coefficient (Wildman–Crippen LogP) is 1.63. The maximum Gasteiger partial charge on any atom is 0.272 e. The summed E-state index contributed by atoms with van der Waals surface area (Å²) in [6.45, 7) is 3.89. The number of carbonyl (C=O) groups excluding carboxylic acids is 1. The van der Waals surface area contributed by atoms with E-state index >= 15 is 0 Å². The minimum absolute atomic E-state index is 0.00111. The lowest BCUT2D eigenvalue weighted by Crippen LogP contribution is -2.32. The van der Waals surface area contributed by atoms with Gasteiger partial charge in [-0.15, -0.1) is 0 Å². The molecule has 1 aromatic rings. The molecular weight excluding hydrogens is 228 g/mol. The Morgan fingerprint density at radius 1 is 1.50 bits per heavy atom. The van der Waals surface area contributed by atoms with Crippen molar-refractivity contribution in [2.75, 3.05) is 18.5 Å². The van der Waals surface area contributed by atoms with Crippen LogP contribution in [0.25, 0.3) is 0 Å². The highest BCUT2D eigenvalue weighted by atomic mass is 16.2. The van der Waals surface area contributed by atoms with Crippen molar-refractivity contribution in [3.05, 3.63) is 24.0 Å². The maximum absolute atomic E-state index is 12.3. The molecule has 1 aromatic heterocycles. The molecule has 1 fully saturated rings. The van der Waals surface area contributed by atoms with E-state index in [2.05, 4.69) is 17.3 Å². The average Bonchev–Trinajstić information content (AvgIpc) is 2.63. The van der Waals surface area contributed by atoms with E-state index in [4.69, 9.17) is 5.84 Å². The summed E-state index contributed by atoms with van der Waals surface area (Å²) in [6.07, 6.45) is 4.94. The van der Waals surface area contributed by atoms with Gasteiger partial charge >= 0.3 is 0 Å². The molecule has 1 unspecified atom stereocenters. The summed E-state index contributed by atoms with van der Waals surface area (Å²) in [6, 6.07) is 3.43. The fraction of sp³-hybridized carbons (Fsp3) is 0.538. The number of anilines is 1. The average molecular weight is 248 g/mol. The van der Waals surface area contributed by atoms with Crippen molar-refractivity contribution in [1.29, 1.82) is 0 Å². The zero-order valence-corrected chi connectivity index (χ0v) is 10.7. The molecule has 1 atom stereocenters. The van der Waals surface area contributed by atoms with Gasteiger partial charge in [-0.2, -0.15) is 0 Å². The largest absolute Gasteiger partial charge is 0.337 e. The van der Waals surface area contributed by atoms with Crippen LogP contribution in [0.3, 0.4) is 0 Å². The van der Waals surface area contributed by atoms with Crippen LogP contribution < -0.4 is 11.3 Å². The van der Waals surface area contributed by atoms with Gasteiger partial charge in [0.1, 0.15) is 5.69 Å². The lowest BCUT2D eigenvalue weighted by Gasteiger charge is -2.20. The Hall–Kier alpha value is -1.62. The predicted molar refractivity (Wildman–Crippen MR) is 71.0 cm³/mol. The van der Waals surface area contributed by atoms with Crippen LogP contribution >= 0.6 is 0 Å². The van der Waals surface area contributed by atoms with Gasteiger partial charge in [0.2, 0.25) is 0 Å². The third-order valence-corrected chi connectivity index (χ3v) is 3.45. The quantitative estimate of drug-likeness (QED) is 0.616. The first kappa shape index (κ1) is 12.8. The highest BCUT2D eigenvalue weighted by Crippen LogP contribution is 2.18. The summed E-state index contributed by atoms with van der Waals surface area (Å²) in [4.78, 5) is 18.3. The van der Waals surface area contributed by atoms with E-state index in [1.165, 1.54) is 6.42 Å². The Bertz CT molecular complexity index is 421. The van der Waals surface area contributed by atoms with Crippen molar-refractivity contribution in [2.24, 2.45) is 11.8 Å². The van der Waals surface area contributed by atoms with Crippen molar-refractivity contribution in [3.63, 3.8) is 0 Å². The molecule has 0 aromatic carbocycles. The third-order valence-electron chi connectivity index (χ3n) is 3.45. The monoisotopic (exact) mass is 248 g/mol. The van der Waals surface area contributed by atoms with Crippen LogP contribution in [0, 0.1) is 5.92 Å². The molecular formula is C13H20N4O. The van der Waals surface area contributed by atoms with Gasteiger partial charge in [-0.25, -0.2) is 0 Å². The molecule has 3 N–H and O–H groups in total. The molecule has 5 heteroatoms. The molecule has 0 saturated carbocycles. The molecule has 1 aliphatic heterocycles. The highest BCUT2D eigenvalue weighted by molar-refractivity contribution is 5.93. The van der Waals surface area contributed by atoms with E-state index < -0.39 is 0 Å². The Morgan fingerprint density at radius 2 is 2.33 bits per heavy atom. The molecule has 1 saturated heterocycles. The summed E-state index contributed by atoms with van der Waals surface area (Å²) in [5.74, 6) is 6.04. The molecule has 0 spiro atoms. The summed E-state index contributed by atoms with van der Waals surface area (Å²) < 4.78 is 0. The minimum atomic E-state index is 0.00111. The Labute approximate surface area is 107 Å². The van der Waals surface area contributed by atoms with Gasteiger partial charge in [-0.3, -0.25) is 15.6 Å². The van der Waals surface area contributed by atoms with Crippen LogP contribution in [0.4, 0.5) is 5.69 Å². The molecule has 1 amide bonds. The second-order valence-corrected chi connectivity index (χ2v) is 4.90. The number of hydrogen-bond acceptors (Lipinski definition) is 4. The van der Waals surface area contributed by atoms with Gasteiger partial charge in [0.15, 0.2) is 0 Å². The number of likely N-dealkylation sites (tertiary alicyclic amines) is 1. The first-order chi connectivity index (χ1) is 8.70. The number of nitrogens with two attached hydrogens (primary N) is 1. The van der Waals surface area contributed by atoms with Gasteiger partial charge in [-0.1, -0.05) is 6.92 Å². The highest BCUT2D eigenvalue weighted by Gasteiger charge is 2.20. The van der Waals surface area contributed by atoms with Gasteiger partial charge in [0.05, 0.1) is 5.69 Å². The Kier molecular flexibility index (Phi) is 4.15. The molecule has 18 heavy (non-hydrogen) atoms. The van der Waals surface area contributed by atoms with Crippen molar-refractivity contribution in [1.82, 2.24) is 9.88 Å². The summed E-state index contributed by atoms with van der Waals surface area (Å²) >= 11 is 0. The number of hydrazine groups is 1. The van der Waals surface area contributed by atoms with Crippen molar-refractivity contribution in [3.8, 4) is 0 Å². The number of nitrogens with zero attached hydrogens (tertiary/aromatic N) is 2. The number of nitrogen functional groups attached to an aromatic ring is 1.